The van der Waals surface area contributed by atoms with E-state index in [0.29, 0.717) is 16.5 Å². The van der Waals surface area contributed by atoms with E-state index in [-0.39, 0.29) is 5.91 Å². The van der Waals surface area contributed by atoms with Crippen LogP contribution in [-0.2, 0) is 20.0 Å². The lowest BCUT2D eigenvalue weighted by Crippen LogP contribution is -2.30. The Morgan fingerprint density at radius 3 is 2.91 bits per heavy atom. The standard InChI is InChI=1S/C26H26N4OS/c1-29-20(14-18-9-8-17(15-27)13-23(18)29)11-10-19-5-4-12-30(19)16-22-21-6-2-3-7-24(21)32-25(22)26(28)31/h2-3,6-9,13-14,19H,4-5,10-12,16H2,1H3,(H2,28,31). The largest absolute Gasteiger partial charge is 0.365 e. The summed E-state index contributed by atoms with van der Waals surface area (Å²) in [6, 6.07) is 19.1. The molecule has 32 heavy (non-hydrogen) atoms. The van der Waals surface area contributed by atoms with Crippen LogP contribution in [0.1, 0.15) is 45.8 Å². The Labute approximate surface area is 191 Å². The van der Waals surface area contributed by atoms with E-state index in [1.165, 1.54) is 35.3 Å². The van der Waals surface area contributed by atoms with Gasteiger partial charge in [-0.2, -0.15) is 5.26 Å². The minimum Gasteiger partial charge on any atom is -0.365 e. The van der Waals surface area contributed by atoms with Gasteiger partial charge in [0.05, 0.1) is 16.5 Å². The number of carbonyl (C=O) groups excluding carboxylic acids is 1. The Balaban J connectivity index is 1.35. The summed E-state index contributed by atoms with van der Waals surface area (Å²) >= 11 is 1.51. The fourth-order valence-corrected chi connectivity index (χ4v) is 6.17. The van der Waals surface area contributed by atoms with Gasteiger partial charge in [0.2, 0.25) is 0 Å². The maximum absolute atomic E-state index is 12.1. The highest BCUT2D eigenvalue weighted by molar-refractivity contribution is 7.21. The monoisotopic (exact) mass is 442 g/mol. The first-order valence-corrected chi connectivity index (χ1v) is 11.9. The van der Waals surface area contributed by atoms with Crippen molar-refractivity contribution in [1.29, 1.82) is 5.26 Å². The van der Waals surface area contributed by atoms with Gasteiger partial charge in [-0.15, -0.1) is 11.3 Å². The van der Waals surface area contributed by atoms with Crippen molar-refractivity contribution in [2.24, 2.45) is 12.8 Å². The Morgan fingerprint density at radius 1 is 1.25 bits per heavy atom. The van der Waals surface area contributed by atoms with Crippen molar-refractivity contribution in [2.45, 2.75) is 38.3 Å². The number of rotatable bonds is 6. The van der Waals surface area contributed by atoms with Crippen molar-refractivity contribution in [2.75, 3.05) is 6.54 Å². The molecule has 6 heteroatoms. The van der Waals surface area contributed by atoms with Gasteiger partial charge in [0.15, 0.2) is 0 Å². The van der Waals surface area contributed by atoms with E-state index in [4.69, 9.17) is 5.73 Å². The lowest BCUT2D eigenvalue weighted by atomic mass is 10.1. The Hall–Kier alpha value is -3.14. The second kappa shape index (κ2) is 8.42. The summed E-state index contributed by atoms with van der Waals surface area (Å²) in [6.45, 7) is 1.82. The third-order valence-corrected chi connectivity index (χ3v) is 8.02. The molecule has 1 fully saturated rings. The number of amides is 1. The van der Waals surface area contributed by atoms with Gasteiger partial charge < -0.3 is 10.3 Å². The first kappa shape index (κ1) is 20.7. The summed E-state index contributed by atoms with van der Waals surface area (Å²) in [7, 11) is 2.09. The zero-order valence-electron chi connectivity index (χ0n) is 18.2. The minimum atomic E-state index is -0.329. The molecule has 162 valence electrons. The summed E-state index contributed by atoms with van der Waals surface area (Å²) < 4.78 is 3.34. The van der Waals surface area contributed by atoms with Crippen LogP contribution in [0.3, 0.4) is 0 Å². The van der Waals surface area contributed by atoms with Crippen LogP contribution in [0.15, 0.2) is 48.5 Å². The molecule has 0 saturated carbocycles. The van der Waals surface area contributed by atoms with Gasteiger partial charge in [-0.1, -0.05) is 24.3 Å². The third-order valence-electron chi connectivity index (χ3n) is 6.79. The number of nitriles is 1. The molecular weight excluding hydrogens is 416 g/mol. The molecule has 0 spiro atoms. The Bertz CT molecular complexity index is 1360. The molecule has 2 aromatic heterocycles. The molecule has 1 unspecified atom stereocenters. The van der Waals surface area contributed by atoms with Gasteiger partial charge in [0.1, 0.15) is 0 Å². The van der Waals surface area contributed by atoms with Crippen LogP contribution in [0.5, 0.6) is 0 Å². The fourth-order valence-electron chi connectivity index (χ4n) is 5.10. The van der Waals surface area contributed by atoms with Gasteiger partial charge in [-0.05, 0) is 72.8 Å². The van der Waals surface area contributed by atoms with E-state index >= 15 is 0 Å². The molecule has 0 radical (unpaired) electrons. The van der Waals surface area contributed by atoms with E-state index in [9.17, 15) is 10.1 Å². The van der Waals surface area contributed by atoms with Crippen LogP contribution in [0.25, 0.3) is 21.0 Å². The number of nitrogens with two attached hydrogens (primary N) is 1. The number of benzene rings is 2. The predicted octanol–water partition coefficient (Wildman–Crippen LogP) is 4.96. The molecule has 1 aliphatic rings. The first-order chi connectivity index (χ1) is 15.5. The number of fused-ring (bicyclic) bond motifs is 2. The summed E-state index contributed by atoms with van der Waals surface area (Å²) in [5.74, 6) is -0.329. The molecule has 3 heterocycles. The highest BCUT2D eigenvalue weighted by Crippen LogP contribution is 2.34. The number of carbonyl (C=O) groups is 1. The molecule has 0 bridgehead atoms. The number of nitrogens with zero attached hydrogens (tertiary/aromatic N) is 3. The number of primary amides is 1. The van der Waals surface area contributed by atoms with Crippen molar-refractivity contribution >= 4 is 38.2 Å². The van der Waals surface area contributed by atoms with Crippen LogP contribution >= 0.6 is 11.3 Å². The third kappa shape index (κ3) is 3.68. The van der Waals surface area contributed by atoms with Crippen LogP contribution in [0.2, 0.25) is 0 Å². The average molecular weight is 443 g/mol. The van der Waals surface area contributed by atoms with E-state index in [0.717, 1.165) is 47.1 Å². The lowest BCUT2D eigenvalue weighted by Gasteiger charge is -2.25. The highest BCUT2D eigenvalue weighted by atomic mass is 32.1. The van der Waals surface area contributed by atoms with Crippen LogP contribution in [-0.4, -0.2) is 28.0 Å². The summed E-state index contributed by atoms with van der Waals surface area (Å²) in [4.78, 5) is 15.3. The minimum absolute atomic E-state index is 0.329. The van der Waals surface area contributed by atoms with Gasteiger partial charge in [0, 0.05) is 35.5 Å². The van der Waals surface area contributed by atoms with Gasteiger partial charge in [0.25, 0.3) is 5.91 Å². The van der Waals surface area contributed by atoms with E-state index in [1.54, 1.807) is 0 Å². The average Bonchev–Trinajstić information content (AvgIpc) is 3.49. The molecule has 1 amide bonds. The number of likely N-dealkylation sites (tertiary alicyclic amines) is 1. The molecule has 5 rings (SSSR count). The van der Waals surface area contributed by atoms with Crippen molar-refractivity contribution in [1.82, 2.24) is 9.47 Å². The quantitative estimate of drug-likeness (QED) is 0.458. The topological polar surface area (TPSA) is 75.0 Å². The number of thiophene rings is 1. The smallest absolute Gasteiger partial charge is 0.259 e. The number of aryl methyl sites for hydroxylation is 2. The van der Waals surface area contributed by atoms with E-state index in [1.807, 2.05) is 30.3 Å². The van der Waals surface area contributed by atoms with Gasteiger partial charge >= 0.3 is 0 Å². The normalized spacial score (nSPS) is 16.7. The van der Waals surface area contributed by atoms with Gasteiger partial charge in [-0.25, -0.2) is 0 Å². The molecule has 4 aromatic rings. The van der Waals surface area contributed by atoms with E-state index in [2.05, 4.69) is 40.8 Å². The SMILES string of the molecule is Cn1c(CCC2CCCN2Cc2c(C(N)=O)sc3ccccc23)cc2ccc(C#N)cc21. The molecule has 5 nitrogen and oxygen atoms in total. The van der Waals surface area contributed by atoms with E-state index < -0.39 is 0 Å². The summed E-state index contributed by atoms with van der Waals surface area (Å²) in [5, 5.41) is 11.5. The highest BCUT2D eigenvalue weighted by Gasteiger charge is 2.27. The maximum Gasteiger partial charge on any atom is 0.259 e. The molecule has 0 aliphatic carbocycles. The predicted molar refractivity (Wildman–Crippen MR) is 130 cm³/mol. The molecule has 1 atom stereocenters. The number of aromatic nitrogens is 1. The van der Waals surface area contributed by atoms with Crippen molar-refractivity contribution in [3.8, 4) is 6.07 Å². The first-order valence-electron chi connectivity index (χ1n) is 11.1. The van der Waals surface area contributed by atoms with Crippen LogP contribution < -0.4 is 5.73 Å². The second-order valence-corrected chi connectivity index (χ2v) is 9.71. The number of hydrogen-bond donors (Lipinski definition) is 1. The Kier molecular flexibility index (Phi) is 5.46. The molecule has 1 aliphatic heterocycles. The van der Waals surface area contributed by atoms with Crippen LogP contribution in [0.4, 0.5) is 0 Å². The summed E-state index contributed by atoms with van der Waals surface area (Å²) in [5.41, 5.74) is 9.91. The van der Waals surface area contributed by atoms with Crippen molar-refractivity contribution < 1.29 is 4.79 Å². The van der Waals surface area contributed by atoms with Gasteiger partial charge in [-0.3, -0.25) is 9.69 Å². The fraction of sp³-hybridized carbons (Fsp3) is 0.308. The molecule has 2 aromatic carbocycles. The zero-order chi connectivity index (χ0) is 22.2. The summed E-state index contributed by atoms with van der Waals surface area (Å²) in [6.07, 6.45) is 4.42. The number of hydrogen-bond acceptors (Lipinski definition) is 4. The Morgan fingerprint density at radius 2 is 2.09 bits per heavy atom. The second-order valence-electron chi connectivity index (χ2n) is 8.66. The van der Waals surface area contributed by atoms with Crippen LogP contribution in [0, 0.1) is 11.3 Å². The molecule has 1 saturated heterocycles. The lowest BCUT2D eigenvalue weighted by molar-refractivity contribution is 0.100. The van der Waals surface area contributed by atoms with Crippen molar-refractivity contribution in [3.05, 3.63) is 70.2 Å². The zero-order valence-corrected chi connectivity index (χ0v) is 19.0. The molecule has 2 N–H and O–H groups in total. The molecular formula is C26H26N4OS. The maximum atomic E-state index is 12.1. The van der Waals surface area contributed by atoms with Crippen molar-refractivity contribution in [3.63, 3.8) is 0 Å².